The monoisotopic (exact) mass is 226 g/mol. The molecule has 0 spiro atoms. The van der Waals surface area contributed by atoms with Gasteiger partial charge in [-0.05, 0) is 39.1 Å². The van der Waals surface area contributed by atoms with Gasteiger partial charge in [0.15, 0.2) is 0 Å². The van der Waals surface area contributed by atoms with Gasteiger partial charge in [0.05, 0.1) is 0 Å². The molecular formula is C10H18N4O2. The van der Waals surface area contributed by atoms with Gasteiger partial charge in [-0.3, -0.25) is 0 Å². The number of hydrogen-bond acceptors (Lipinski definition) is 3. The summed E-state index contributed by atoms with van der Waals surface area (Å²) in [5.74, 6) is 0. The quantitative estimate of drug-likeness (QED) is 0.412. The summed E-state index contributed by atoms with van der Waals surface area (Å²) < 4.78 is 5.24. The highest BCUT2D eigenvalue weighted by Gasteiger charge is 2.35. The fourth-order valence-electron chi connectivity index (χ4n) is 1.53. The summed E-state index contributed by atoms with van der Waals surface area (Å²) in [5, 5.41) is 3.60. The normalized spacial score (nSPS) is 24.0. The van der Waals surface area contributed by atoms with Gasteiger partial charge in [-0.25, -0.2) is 4.79 Å². The van der Waals surface area contributed by atoms with Crippen molar-refractivity contribution in [2.45, 2.75) is 51.3 Å². The van der Waals surface area contributed by atoms with E-state index in [1.54, 1.807) is 11.9 Å². The topological polar surface area (TPSA) is 78.3 Å². The standard InChI is InChI=1S/C10H18N4O2/c1-10(2,3)16-9(15)14(4)8-5-7(6-8)12-13-11/h7-8H,5-6H2,1-4H3/t7-,8+. The summed E-state index contributed by atoms with van der Waals surface area (Å²) in [4.78, 5) is 16.0. The molecule has 1 rings (SSSR count). The Hall–Kier alpha value is -1.42. The van der Waals surface area contributed by atoms with E-state index in [-0.39, 0.29) is 18.2 Å². The Balaban J connectivity index is 2.39. The molecule has 0 aromatic heterocycles. The van der Waals surface area contributed by atoms with E-state index in [1.165, 1.54) is 0 Å². The number of carbonyl (C=O) groups is 1. The molecule has 0 aromatic rings. The molecule has 0 atom stereocenters. The summed E-state index contributed by atoms with van der Waals surface area (Å²) in [6, 6.07) is 0.158. The summed E-state index contributed by atoms with van der Waals surface area (Å²) in [5.41, 5.74) is 7.77. The maximum absolute atomic E-state index is 11.7. The molecule has 0 saturated heterocycles. The number of amides is 1. The van der Waals surface area contributed by atoms with Gasteiger partial charge < -0.3 is 9.64 Å². The maximum atomic E-state index is 11.7. The third-order valence-electron chi connectivity index (χ3n) is 2.53. The van der Waals surface area contributed by atoms with Gasteiger partial charge in [0.2, 0.25) is 0 Å². The van der Waals surface area contributed by atoms with Crippen molar-refractivity contribution in [1.82, 2.24) is 4.90 Å². The molecule has 16 heavy (non-hydrogen) atoms. The highest BCUT2D eigenvalue weighted by molar-refractivity contribution is 5.68. The smallest absolute Gasteiger partial charge is 0.410 e. The van der Waals surface area contributed by atoms with Gasteiger partial charge in [0.1, 0.15) is 5.60 Å². The second-order valence-corrected chi connectivity index (χ2v) is 5.08. The van der Waals surface area contributed by atoms with Gasteiger partial charge in [-0.2, -0.15) is 0 Å². The number of carbonyl (C=O) groups excluding carboxylic acids is 1. The van der Waals surface area contributed by atoms with E-state index >= 15 is 0 Å². The summed E-state index contributed by atoms with van der Waals surface area (Å²) in [6.45, 7) is 5.51. The lowest BCUT2D eigenvalue weighted by Gasteiger charge is -2.39. The Kier molecular flexibility index (Phi) is 3.65. The average molecular weight is 226 g/mol. The van der Waals surface area contributed by atoms with Crippen LogP contribution in [-0.4, -0.2) is 35.7 Å². The van der Waals surface area contributed by atoms with Crippen LogP contribution in [0.3, 0.4) is 0 Å². The lowest BCUT2D eigenvalue weighted by Crippen LogP contribution is -2.48. The minimum absolute atomic E-state index is 0.0277. The van der Waals surface area contributed by atoms with Crippen LogP contribution in [0.15, 0.2) is 5.11 Å². The highest BCUT2D eigenvalue weighted by atomic mass is 16.6. The summed E-state index contributed by atoms with van der Waals surface area (Å²) in [6.07, 6.45) is 1.12. The zero-order valence-corrected chi connectivity index (χ0v) is 10.2. The van der Waals surface area contributed by atoms with E-state index in [9.17, 15) is 4.79 Å². The molecule has 1 aliphatic carbocycles. The fourth-order valence-corrected chi connectivity index (χ4v) is 1.53. The van der Waals surface area contributed by atoms with E-state index in [1.807, 2.05) is 20.8 Å². The van der Waals surface area contributed by atoms with Crippen molar-refractivity contribution < 1.29 is 9.53 Å². The van der Waals surface area contributed by atoms with Crippen LogP contribution in [-0.2, 0) is 4.74 Å². The lowest BCUT2D eigenvalue weighted by molar-refractivity contribution is 0.0124. The van der Waals surface area contributed by atoms with Crippen LogP contribution in [0.2, 0.25) is 0 Å². The van der Waals surface area contributed by atoms with Crippen molar-refractivity contribution in [3.05, 3.63) is 10.4 Å². The number of nitrogens with zero attached hydrogens (tertiary/aromatic N) is 4. The molecule has 1 aliphatic rings. The third-order valence-corrected chi connectivity index (χ3v) is 2.53. The minimum atomic E-state index is -0.473. The molecule has 0 radical (unpaired) electrons. The second-order valence-electron chi connectivity index (χ2n) is 5.08. The van der Waals surface area contributed by atoms with E-state index in [0.717, 1.165) is 12.8 Å². The third kappa shape index (κ3) is 3.31. The molecule has 0 aliphatic heterocycles. The van der Waals surface area contributed by atoms with E-state index in [4.69, 9.17) is 10.3 Å². The molecule has 1 amide bonds. The first-order valence-corrected chi connectivity index (χ1v) is 5.33. The van der Waals surface area contributed by atoms with Crippen molar-refractivity contribution in [3.63, 3.8) is 0 Å². The van der Waals surface area contributed by atoms with Crippen LogP contribution >= 0.6 is 0 Å². The molecule has 90 valence electrons. The zero-order chi connectivity index (χ0) is 12.3. The lowest BCUT2D eigenvalue weighted by atomic mass is 9.87. The van der Waals surface area contributed by atoms with Crippen molar-refractivity contribution in [3.8, 4) is 0 Å². The average Bonchev–Trinajstić information content (AvgIpc) is 2.06. The zero-order valence-electron chi connectivity index (χ0n) is 10.2. The minimum Gasteiger partial charge on any atom is -0.444 e. The highest BCUT2D eigenvalue weighted by Crippen LogP contribution is 2.28. The molecule has 1 saturated carbocycles. The van der Waals surface area contributed by atoms with Gasteiger partial charge in [0, 0.05) is 24.0 Å². The van der Waals surface area contributed by atoms with Gasteiger partial charge >= 0.3 is 6.09 Å². The Morgan fingerprint density at radius 1 is 1.50 bits per heavy atom. The molecule has 0 heterocycles. The van der Waals surface area contributed by atoms with Gasteiger partial charge in [-0.1, -0.05) is 5.11 Å². The summed E-state index contributed by atoms with van der Waals surface area (Å²) in [7, 11) is 1.71. The number of hydrogen-bond donors (Lipinski definition) is 0. The Bertz CT molecular complexity index is 311. The first-order valence-electron chi connectivity index (χ1n) is 5.33. The number of rotatable bonds is 2. The van der Waals surface area contributed by atoms with Crippen molar-refractivity contribution >= 4 is 6.09 Å². The van der Waals surface area contributed by atoms with Crippen LogP contribution in [0.4, 0.5) is 4.79 Å². The predicted octanol–water partition coefficient (Wildman–Crippen LogP) is 2.69. The van der Waals surface area contributed by atoms with Crippen molar-refractivity contribution in [1.29, 1.82) is 0 Å². The molecule has 0 bridgehead atoms. The molecular weight excluding hydrogens is 208 g/mol. The summed E-state index contributed by atoms with van der Waals surface area (Å²) >= 11 is 0. The fraction of sp³-hybridized carbons (Fsp3) is 0.900. The van der Waals surface area contributed by atoms with Crippen molar-refractivity contribution in [2.75, 3.05) is 7.05 Å². The Labute approximate surface area is 95.2 Å². The number of ether oxygens (including phenoxy) is 1. The van der Waals surface area contributed by atoms with Crippen LogP contribution < -0.4 is 0 Å². The van der Waals surface area contributed by atoms with Crippen LogP contribution in [0.1, 0.15) is 33.6 Å². The van der Waals surface area contributed by atoms with E-state index < -0.39 is 5.60 Å². The molecule has 0 N–H and O–H groups in total. The van der Waals surface area contributed by atoms with Gasteiger partial charge in [0.25, 0.3) is 0 Å². The van der Waals surface area contributed by atoms with Crippen molar-refractivity contribution in [2.24, 2.45) is 5.11 Å². The van der Waals surface area contributed by atoms with E-state index in [2.05, 4.69) is 10.0 Å². The first-order chi connectivity index (χ1) is 7.33. The molecule has 0 unspecified atom stereocenters. The van der Waals surface area contributed by atoms with Crippen LogP contribution in [0.5, 0.6) is 0 Å². The molecule has 6 nitrogen and oxygen atoms in total. The maximum Gasteiger partial charge on any atom is 0.410 e. The Morgan fingerprint density at radius 3 is 2.50 bits per heavy atom. The largest absolute Gasteiger partial charge is 0.444 e. The predicted molar refractivity (Wildman–Crippen MR) is 60.0 cm³/mol. The molecule has 1 fully saturated rings. The molecule has 6 heteroatoms. The van der Waals surface area contributed by atoms with Crippen LogP contribution in [0, 0.1) is 0 Å². The first kappa shape index (κ1) is 12.6. The second kappa shape index (κ2) is 4.61. The van der Waals surface area contributed by atoms with Crippen LogP contribution in [0.25, 0.3) is 10.4 Å². The SMILES string of the molecule is CN(C(=O)OC(C)(C)C)[C@H]1C[C@@H](N=[N+]=[N-])C1. The number of azide groups is 1. The van der Waals surface area contributed by atoms with Gasteiger partial charge in [-0.15, -0.1) is 0 Å². The Morgan fingerprint density at radius 2 is 2.06 bits per heavy atom. The molecule has 0 aromatic carbocycles. The van der Waals surface area contributed by atoms with E-state index in [0.29, 0.717) is 0 Å².